The molecule has 55 heavy (non-hydrogen) atoms. The molecule has 4 aromatic rings. The molecular weight excluding hydrogens is 727 g/mol. The predicted octanol–water partition coefficient (Wildman–Crippen LogP) is 6.34. The van der Waals surface area contributed by atoms with Gasteiger partial charge in [0.15, 0.2) is 0 Å². The molecule has 292 valence electrons. The number of carbonyl (C=O) groups excluding carboxylic acids is 2. The van der Waals surface area contributed by atoms with Crippen LogP contribution in [-0.4, -0.2) is 91.2 Å². The zero-order chi connectivity index (χ0) is 38.7. The van der Waals surface area contributed by atoms with Crippen LogP contribution < -0.4 is 10.1 Å². The fourth-order valence-electron chi connectivity index (χ4n) is 8.30. The minimum Gasteiger partial charge on any atom is -0.480 e. The Morgan fingerprint density at radius 1 is 1.07 bits per heavy atom. The van der Waals surface area contributed by atoms with Crippen molar-refractivity contribution in [3.63, 3.8) is 0 Å². The summed E-state index contributed by atoms with van der Waals surface area (Å²) < 4.78 is 28.1. The molecule has 0 unspecified atom stereocenters. The normalized spacial score (nSPS) is 21.8. The lowest BCUT2D eigenvalue weighted by Crippen LogP contribution is -2.54. The number of carboxylic acids is 1. The highest BCUT2D eigenvalue weighted by Crippen LogP contribution is 2.37. The van der Waals surface area contributed by atoms with E-state index >= 15 is 0 Å². The number of ether oxygens (including phenoxy) is 2. The van der Waals surface area contributed by atoms with Crippen LogP contribution >= 0.6 is 11.6 Å². The summed E-state index contributed by atoms with van der Waals surface area (Å²) in [6.45, 7) is 7.43. The number of pyridine rings is 1. The molecule has 0 spiro atoms. The Labute approximate surface area is 325 Å². The van der Waals surface area contributed by atoms with Crippen LogP contribution in [0.5, 0.6) is 5.88 Å². The number of likely N-dealkylation sites (tertiary alicyclic amines) is 2. The molecule has 0 saturated carbocycles. The molecule has 3 aliphatic heterocycles. The number of amides is 2. The Kier molecular flexibility index (Phi) is 11.7. The Hall–Kier alpha value is -4.59. The first-order valence-corrected chi connectivity index (χ1v) is 19.6. The van der Waals surface area contributed by atoms with Crippen molar-refractivity contribution in [3.05, 3.63) is 88.1 Å². The zero-order valence-electron chi connectivity index (χ0n) is 31.3. The lowest BCUT2D eigenvalue weighted by Gasteiger charge is -2.37. The number of nitrogens with one attached hydrogen (secondary N) is 1. The second kappa shape index (κ2) is 16.6. The van der Waals surface area contributed by atoms with Gasteiger partial charge in [0.2, 0.25) is 11.8 Å². The van der Waals surface area contributed by atoms with Crippen LogP contribution in [0.2, 0.25) is 5.02 Å². The van der Waals surface area contributed by atoms with E-state index in [9.17, 15) is 23.9 Å². The van der Waals surface area contributed by atoms with Crippen molar-refractivity contribution in [3.8, 4) is 5.88 Å². The molecule has 14 heteroatoms. The monoisotopic (exact) mass is 774 g/mol. The van der Waals surface area contributed by atoms with E-state index in [2.05, 4.69) is 14.8 Å². The summed E-state index contributed by atoms with van der Waals surface area (Å²) >= 11 is 5.88. The minimum absolute atomic E-state index is 0.0585. The van der Waals surface area contributed by atoms with Crippen molar-refractivity contribution in [1.29, 1.82) is 0 Å². The summed E-state index contributed by atoms with van der Waals surface area (Å²) in [6.07, 6.45) is 5.40. The maximum Gasteiger partial charge on any atom is 0.326 e. The van der Waals surface area contributed by atoms with Gasteiger partial charge in [-0.25, -0.2) is 19.2 Å². The van der Waals surface area contributed by atoms with E-state index in [0.717, 1.165) is 62.4 Å². The second-order valence-corrected chi connectivity index (χ2v) is 15.6. The summed E-state index contributed by atoms with van der Waals surface area (Å²) in [5.74, 6) is -0.647. The Morgan fingerprint density at radius 3 is 2.58 bits per heavy atom. The Bertz CT molecular complexity index is 2050. The predicted molar refractivity (Wildman–Crippen MR) is 204 cm³/mol. The molecule has 3 fully saturated rings. The summed E-state index contributed by atoms with van der Waals surface area (Å²) in [7, 11) is 0. The number of hydrogen-bond acceptors (Lipinski definition) is 8. The molecule has 7 rings (SSSR count). The topological polar surface area (TPSA) is 139 Å². The number of rotatable bonds is 14. The SMILES string of the molecule is CCC[C@@]1(C)CC[C@@H](C(=O)O)N1C(=O)CNC(=O)c1ccc2c(c1)nc(CN1CCC(c3cccc(OCc4ccc(Cl)cc4F)n3)CC1)n2C[C@@H]1CCO1. The van der Waals surface area contributed by atoms with E-state index in [4.69, 9.17) is 31.0 Å². The van der Waals surface area contributed by atoms with E-state index < -0.39 is 35.2 Å². The summed E-state index contributed by atoms with van der Waals surface area (Å²) in [4.78, 5) is 52.3. The van der Waals surface area contributed by atoms with E-state index in [0.29, 0.717) is 59.9 Å². The third-order valence-electron chi connectivity index (χ3n) is 11.4. The molecule has 0 aliphatic carbocycles. The lowest BCUT2D eigenvalue weighted by molar-refractivity contribution is -0.151. The molecule has 12 nitrogen and oxygen atoms in total. The number of carboxylic acid groups (broad SMARTS) is 1. The van der Waals surface area contributed by atoms with Gasteiger partial charge < -0.3 is 29.4 Å². The fourth-order valence-corrected chi connectivity index (χ4v) is 8.46. The molecule has 2 N–H and O–H groups in total. The van der Waals surface area contributed by atoms with E-state index in [-0.39, 0.29) is 25.2 Å². The first-order chi connectivity index (χ1) is 26.5. The van der Waals surface area contributed by atoms with Gasteiger partial charge in [0.1, 0.15) is 24.3 Å². The van der Waals surface area contributed by atoms with Crippen LogP contribution in [0.1, 0.15) is 92.2 Å². The smallest absolute Gasteiger partial charge is 0.326 e. The molecule has 3 aliphatic rings. The fraction of sp³-hybridized carbons (Fsp3) is 0.488. The van der Waals surface area contributed by atoms with Gasteiger partial charge in [-0.05, 0) is 94.9 Å². The van der Waals surface area contributed by atoms with Gasteiger partial charge in [0.25, 0.3) is 5.91 Å². The van der Waals surface area contributed by atoms with Crippen molar-refractivity contribution in [2.75, 3.05) is 26.2 Å². The first-order valence-electron chi connectivity index (χ1n) is 19.2. The summed E-state index contributed by atoms with van der Waals surface area (Å²) in [5.41, 5.74) is 2.78. The van der Waals surface area contributed by atoms with Crippen LogP contribution in [0.15, 0.2) is 54.6 Å². The zero-order valence-corrected chi connectivity index (χ0v) is 32.1. The molecule has 0 radical (unpaired) electrons. The molecule has 3 atom stereocenters. The summed E-state index contributed by atoms with van der Waals surface area (Å²) in [6, 6.07) is 14.7. The van der Waals surface area contributed by atoms with E-state index in [1.54, 1.807) is 30.3 Å². The molecule has 5 heterocycles. The number of imidazole rings is 1. The highest BCUT2D eigenvalue weighted by molar-refractivity contribution is 6.30. The molecule has 2 aromatic carbocycles. The van der Waals surface area contributed by atoms with Gasteiger partial charge in [-0.2, -0.15) is 0 Å². The van der Waals surface area contributed by atoms with Crippen LogP contribution in [0.4, 0.5) is 4.39 Å². The third-order valence-corrected chi connectivity index (χ3v) is 11.6. The average molecular weight is 775 g/mol. The van der Waals surface area contributed by atoms with Crippen LogP contribution in [-0.2, 0) is 34.0 Å². The number of benzene rings is 2. The van der Waals surface area contributed by atoms with Crippen molar-refractivity contribution >= 4 is 40.4 Å². The molecule has 3 saturated heterocycles. The number of aliphatic carboxylic acids is 1. The standard InChI is InChI=1S/C41H48ClFN6O6/c1-3-15-41(2)16-11-35(40(52)53)49(41)38(50)22-44-39(51)27-8-10-34-33(20-27)45-36(48(34)23-30-14-19-54-30)24-47-17-12-26(13-18-47)32-5-4-6-37(46-32)55-25-28-7-9-29(42)21-31(28)43/h4-10,20-21,26,30,35H,3,11-19,22-25H2,1-2H3,(H,44,51)(H,52,53)/t30-,35-,41-/m0/s1. The largest absolute Gasteiger partial charge is 0.480 e. The average Bonchev–Trinajstić information content (AvgIpc) is 3.68. The highest BCUT2D eigenvalue weighted by Gasteiger charge is 2.47. The van der Waals surface area contributed by atoms with Crippen molar-refractivity contribution in [2.45, 2.75) is 102 Å². The highest BCUT2D eigenvalue weighted by atomic mass is 35.5. The number of nitrogens with zero attached hydrogens (tertiary/aromatic N) is 5. The van der Waals surface area contributed by atoms with Crippen LogP contribution in [0.25, 0.3) is 11.0 Å². The maximum absolute atomic E-state index is 14.3. The number of carbonyl (C=O) groups is 3. The number of halogens is 2. The molecule has 2 aromatic heterocycles. The first kappa shape index (κ1) is 38.7. The number of aromatic nitrogens is 3. The Morgan fingerprint density at radius 2 is 1.87 bits per heavy atom. The lowest BCUT2D eigenvalue weighted by atomic mass is 9.93. The minimum atomic E-state index is -1.02. The maximum atomic E-state index is 14.3. The summed E-state index contributed by atoms with van der Waals surface area (Å²) in [5, 5.41) is 12.9. The van der Waals surface area contributed by atoms with Gasteiger partial charge in [-0.15, -0.1) is 0 Å². The molecular formula is C41H48ClFN6O6. The quantitative estimate of drug-likeness (QED) is 0.150. The van der Waals surface area contributed by atoms with Gasteiger partial charge >= 0.3 is 5.97 Å². The number of hydrogen-bond donors (Lipinski definition) is 2. The van der Waals surface area contributed by atoms with Crippen molar-refractivity contribution in [1.82, 2.24) is 29.7 Å². The Balaban J connectivity index is 0.992. The number of fused-ring (bicyclic) bond motifs is 1. The second-order valence-electron chi connectivity index (χ2n) is 15.2. The van der Waals surface area contributed by atoms with Gasteiger partial charge in [0, 0.05) is 46.0 Å². The van der Waals surface area contributed by atoms with Crippen LogP contribution in [0, 0.1) is 5.82 Å². The van der Waals surface area contributed by atoms with E-state index in [1.165, 1.54) is 11.0 Å². The van der Waals surface area contributed by atoms with Gasteiger partial charge in [-0.3, -0.25) is 14.5 Å². The van der Waals surface area contributed by atoms with Gasteiger partial charge in [-0.1, -0.05) is 37.1 Å². The van der Waals surface area contributed by atoms with Crippen LogP contribution in [0.3, 0.4) is 0 Å². The van der Waals surface area contributed by atoms with E-state index in [1.807, 2.05) is 32.0 Å². The van der Waals surface area contributed by atoms with Crippen molar-refractivity contribution in [2.24, 2.45) is 0 Å². The van der Waals surface area contributed by atoms with Crippen molar-refractivity contribution < 1.29 is 33.4 Å². The molecule has 2 amide bonds. The number of piperidine rings is 1. The third kappa shape index (κ3) is 8.63. The van der Waals surface area contributed by atoms with Gasteiger partial charge in [0.05, 0.1) is 36.8 Å². The molecule has 0 bridgehead atoms.